The largest absolute Gasteiger partial charge is 0.367 e. The number of nitrogens with one attached hydrogen (secondary N) is 1. The first-order valence-corrected chi connectivity index (χ1v) is 8.10. The molecule has 0 radical (unpaired) electrons. The van der Waals surface area contributed by atoms with Crippen molar-refractivity contribution < 1.29 is 14.0 Å². The van der Waals surface area contributed by atoms with Crippen molar-refractivity contribution in [2.75, 3.05) is 26.2 Å². The fourth-order valence-corrected chi connectivity index (χ4v) is 2.97. The molecule has 2 aromatic rings. The molecule has 5 nitrogen and oxygen atoms in total. The molecule has 0 bridgehead atoms. The van der Waals surface area contributed by atoms with E-state index in [1.165, 1.54) is 18.2 Å². The molecule has 1 saturated heterocycles. The van der Waals surface area contributed by atoms with Gasteiger partial charge in [0.1, 0.15) is 5.82 Å². The van der Waals surface area contributed by atoms with Crippen molar-refractivity contribution in [2.45, 2.75) is 6.42 Å². The molecule has 126 valence electrons. The lowest BCUT2D eigenvalue weighted by molar-refractivity contribution is 0.0716. The number of halogens is 2. The molecule has 1 N–H and O–H groups in total. The summed E-state index contributed by atoms with van der Waals surface area (Å²) in [6.07, 6.45) is 3.99. The molecule has 1 aromatic carbocycles. The second kappa shape index (κ2) is 7.05. The molecule has 0 spiro atoms. The number of amides is 2. The number of nitrogens with zero attached hydrogens (tertiary/aromatic N) is 2. The number of carbonyl (C=O) groups excluding carboxylic acids is 2. The number of rotatable bonds is 2. The first-order chi connectivity index (χ1) is 11.6. The summed E-state index contributed by atoms with van der Waals surface area (Å²) >= 11 is 5.86. The Morgan fingerprint density at radius 3 is 2.42 bits per heavy atom. The van der Waals surface area contributed by atoms with Gasteiger partial charge < -0.3 is 14.8 Å². The van der Waals surface area contributed by atoms with Crippen LogP contribution in [0.25, 0.3) is 0 Å². The number of hydrogen-bond acceptors (Lipinski definition) is 2. The summed E-state index contributed by atoms with van der Waals surface area (Å²) in [6, 6.07) is 5.66. The monoisotopic (exact) mass is 349 g/mol. The second-order valence-electron chi connectivity index (χ2n) is 5.66. The van der Waals surface area contributed by atoms with E-state index in [1.54, 1.807) is 28.3 Å². The molecular formula is C17H17ClFN3O2. The number of benzene rings is 1. The van der Waals surface area contributed by atoms with Crippen LogP contribution in [-0.4, -0.2) is 52.8 Å². The van der Waals surface area contributed by atoms with Gasteiger partial charge >= 0.3 is 0 Å². The maximum atomic E-state index is 13.9. The van der Waals surface area contributed by atoms with E-state index in [9.17, 15) is 14.0 Å². The average Bonchev–Trinajstić information content (AvgIpc) is 3.00. The van der Waals surface area contributed by atoms with Crippen molar-refractivity contribution in [1.82, 2.24) is 14.8 Å². The van der Waals surface area contributed by atoms with Gasteiger partial charge in [-0.15, -0.1) is 0 Å². The zero-order valence-corrected chi connectivity index (χ0v) is 13.7. The highest BCUT2D eigenvalue weighted by molar-refractivity contribution is 6.31. The van der Waals surface area contributed by atoms with Crippen LogP contribution in [0.2, 0.25) is 5.02 Å². The third-order valence-corrected chi connectivity index (χ3v) is 4.31. The number of aromatic nitrogens is 1. The molecule has 24 heavy (non-hydrogen) atoms. The number of aromatic amines is 1. The Labute approximate surface area is 144 Å². The topological polar surface area (TPSA) is 56.4 Å². The van der Waals surface area contributed by atoms with Gasteiger partial charge in [0, 0.05) is 43.6 Å². The molecule has 1 aliphatic rings. The van der Waals surface area contributed by atoms with E-state index in [2.05, 4.69) is 4.98 Å². The summed E-state index contributed by atoms with van der Waals surface area (Å²) in [4.78, 5) is 31.1. The minimum atomic E-state index is -0.589. The van der Waals surface area contributed by atoms with E-state index in [-0.39, 0.29) is 11.5 Å². The number of hydrogen-bond donors (Lipinski definition) is 1. The van der Waals surface area contributed by atoms with E-state index >= 15 is 0 Å². The Morgan fingerprint density at radius 1 is 1.04 bits per heavy atom. The standard InChI is InChI=1S/C17H17ClFN3O2/c18-13-2-3-15(19)14(10-13)17(24)22-7-1-6-21(8-9-22)16(23)12-4-5-20-11-12/h2-5,10-11,20H,1,6-9H2. The summed E-state index contributed by atoms with van der Waals surface area (Å²) in [5, 5.41) is 0.318. The highest BCUT2D eigenvalue weighted by atomic mass is 35.5. The maximum absolute atomic E-state index is 13.9. The van der Waals surface area contributed by atoms with E-state index in [0.29, 0.717) is 43.2 Å². The van der Waals surface area contributed by atoms with E-state index < -0.39 is 11.7 Å². The molecule has 0 atom stereocenters. The van der Waals surface area contributed by atoms with Crippen molar-refractivity contribution >= 4 is 23.4 Å². The molecule has 1 aliphatic heterocycles. The zero-order chi connectivity index (χ0) is 17.1. The van der Waals surface area contributed by atoms with Crippen LogP contribution in [0, 0.1) is 5.82 Å². The van der Waals surface area contributed by atoms with Crippen LogP contribution in [0.1, 0.15) is 27.1 Å². The lowest BCUT2D eigenvalue weighted by Gasteiger charge is -2.22. The van der Waals surface area contributed by atoms with E-state index in [4.69, 9.17) is 11.6 Å². The Kier molecular flexibility index (Phi) is 4.85. The predicted octanol–water partition coefficient (Wildman–Crippen LogP) is 2.80. The predicted molar refractivity (Wildman–Crippen MR) is 88.6 cm³/mol. The molecule has 0 unspecified atom stereocenters. The Hall–Kier alpha value is -2.34. The number of H-pyrrole nitrogens is 1. The van der Waals surface area contributed by atoms with Crippen LogP contribution in [0.15, 0.2) is 36.7 Å². The third kappa shape index (κ3) is 3.43. The van der Waals surface area contributed by atoms with Gasteiger partial charge in [-0.3, -0.25) is 9.59 Å². The summed E-state index contributed by atoms with van der Waals surface area (Å²) in [5.74, 6) is -1.06. The van der Waals surface area contributed by atoms with Gasteiger partial charge in [0.05, 0.1) is 11.1 Å². The van der Waals surface area contributed by atoms with E-state index in [0.717, 1.165) is 0 Å². The van der Waals surface area contributed by atoms with Gasteiger partial charge in [-0.05, 0) is 30.7 Å². The van der Waals surface area contributed by atoms with Crippen LogP contribution in [-0.2, 0) is 0 Å². The summed E-state index contributed by atoms with van der Waals surface area (Å²) in [7, 11) is 0. The van der Waals surface area contributed by atoms with Crippen LogP contribution >= 0.6 is 11.6 Å². The quantitative estimate of drug-likeness (QED) is 0.906. The fourth-order valence-electron chi connectivity index (χ4n) is 2.79. The number of carbonyl (C=O) groups is 2. The molecule has 1 fully saturated rings. The zero-order valence-electron chi connectivity index (χ0n) is 13.0. The third-order valence-electron chi connectivity index (χ3n) is 4.07. The Balaban J connectivity index is 1.70. The molecule has 0 aliphatic carbocycles. The van der Waals surface area contributed by atoms with Crippen molar-refractivity contribution in [2.24, 2.45) is 0 Å². The summed E-state index contributed by atoms with van der Waals surface area (Å²) in [6.45, 7) is 1.81. The average molecular weight is 350 g/mol. The summed E-state index contributed by atoms with van der Waals surface area (Å²) in [5.41, 5.74) is 0.559. The lowest BCUT2D eigenvalue weighted by atomic mass is 10.2. The van der Waals surface area contributed by atoms with Gasteiger partial charge in [-0.2, -0.15) is 0 Å². The van der Waals surface area contributed by atoms with Gasteiger partial charge in [0.15, 0.2) is 0 Å². The molecule has 7 heteroatoms. The first-order valence-electron chi connectivity index (χ1n) is 7.72. The molecule has 3 rings (SSSR count). The van der Waals surface area contributed by atoms with Gasteiger partial charge in [0.25, 0.3) is 11.8 Å². The SMILES string of the molecule is O=C(c1cc[nH]c1)N1CCCN(C(=O)c2cc(Cl)ccc2F)CC1. The lowest BCUT2D eigenvalue weighted by Crippen LogP contribution is -2.37. The van der Waals surface area contributed by atoms with Gasteiger partial charge in [-0.1, -0.05) is 11.6 Å². The van der Waals surface area contributed by atoms with Crippen LogP contribution in [0.5, 0.6) is 0 Å². The minimum Gasteiger partial charge on any atom is -0.367 e. The van der Waals surface area contributed by atoms with Crippen molar-refractivity contribution in [1.29, 1.82) is 0 Å². The molecular weight excluding hydrogens is 333 g/mol. The van der Waals surface area contributed by atoms with Crippen LogP contribution < -0.4 is 0 Å². The van der Waals surface area contributed by atoms with Crippen LogP contribution in [0.3, 0.4) is 0 Å². The maximum Gasteiger partial charge on any atom is 0.256 e. The second-order valence-corrected chi connectivity index (χ2v) is 6.10. The Bertz CT molecular complexity index is 748. The van der Waals surface area contributed by atoms with Crippen molar-refractivity contribution in [3.63, 3.8) is 0 Å². The van der Waals surface area contributed by atoms with Crippen LogP contribution in [0.4, 0.5) is 4.39 Å². The highest BCUT2D eigenvalue weighted by Crippen LogP contribution is 2.18. The normalized spacial score (nSPS) is 15.2. The molecule has 0 saturated carbocycles. The minimum absolute atomic E-state index is 0.0343. The van der Waals surface area contributed by atoms with Crippen molar-refractivity contribution in [3.8, 4) is 0 Å². The smallest absolute Gasteiger partial charge is 0.256 e. The molecule has 2 heterocycles. The summed E-state index contributed by atoms with van der Waals surface area (Å²) < 4.78 is 13.9. The fraction of sp³-hybridized carbons (Fsp3) is 0.294. The first kappa shape index (κ1) is 16.5. The van der Waals surface area contributed by atoms with Crippen molar-refractivity contribution in [3.05, 3.63) is 58.6 Å². The molecule has 2 amide bonds. The van der Waals surface area contributed by atoms with E-state index in [1.807, 2.05) is 0 Å². The van der Waals surface area contributed by atoms with Gasteiger partial charge in [-0.25, -0.2) is 4.39 Å². The Morgan fingerprint density at radius 2 is 1.75 bits per heavy atom. The molecule has 1 aromatic heterocycles. The highest BCUT2D eigenvalue weighted by Gasteiger charge is 2.25. The van der Waals surface area contributed by atoms with Gasteiger partial charge in [0.2, 0.25) is 0 Å².